The number of hydrogen-bond donors (Lipinski definition) is 2. The maximum atomic E-state index is 13.2. The standard InChI is InChI=1S/C25H22FN3O3/c1-16-3-5-17(6-4-16)15-29-23(18-9-13-21(32-2)14-10-18)22(25(31)28-29)27-24(30)19-7-11-20(26)12-8-19/h3-15,22-23H,1-2H3,(H-,27,28,30,31)/p+1/b29-15-/t22-,23+/m0/s1. The van der Waals surface area contributed by atoms with Crippen LogP contribution in [0.3, 0.4) is 0 Å². The van der Waals surface area contributed by atoms with Gasteiger partial charge in [-0.15, -0.1) is 10.1 Å². The van der Waals surface area contributed by atoms with E-state index in [2.05, 4.69) is 10.7 Å². The molecule has 1 aliphatic rings. The van der Waals surface area contributed by atoms with Crippen LogP contribution in [0, 0.1) is 12.7 Å². The summed E-state index contributed by atoms with van der Waals surface area (Å²) in [4.78, 5) is 25.7. The molecule has 0 aliphatic carbocycles. The van der Waals surface area contributed by atoms with E-state index < -0.39 is 23.8 Å². The van der Waals surface area contributed by atoms with Crippen LogP contribution in [0.5, 0.6) is 5.75 Å². The number of ether oxygens (including phenoxy) is 1. The third kappa shape index (κ3) is 4.51. The van der Waals surface area contributed by atoms with Crippen molar-refractivity contribution in [2.75, 3.05) is 7.11 Å². The summed E-state index contributed by atoms with van der Waals surface area (Å²) in [7, 11) is 1.58. The molecule has 2 amide bonds. The number of hydrazone groups is 1. The second-order valence-corrected chi connectivity index (χ2v) is 7.60. The number of rotatable bonds is 5. The summed E-state index contributed by atoms with van der Waals surface area (Å²) >= 11 is 0. The first-order valence-electron chi connectivity index (χ1n) is 10.2. The summed E-state index contributed by atoms with van der Waals surface area (Å²) in [5.74, 6) is -0.548. The first-order chi connectivity index (χ1) is 15.4. The number of benzene rings is 3. The third-order valence-electron chi connectivity index (χ3n) is 5.35. The first kappa shape index (κ1) is 21.2. The SMILES string of the molecule is COc1ccc([C@@H]2[C@H](NC(=O)c3ccc(F)cc3)C(=O)N/[N+]2=C\c2ccc(C)cc2)cc1. The molecule has 1 aliphatic heterocycles. The Hall–Kier alpha value is -4.00. The number of aryl methyl sites for hydroxylation is 1. The van der Waals surface area contributed by atoms with Crippen molar-refractivity contribution in [3.05, 3.63) is 101 Å². The monoisotopic (exact) mass is 432 g/mol. The van der Waals surface area contributed by atoms with Crippen LogP contribution in [0.1, 0.15) is 33.1 Å². The summed E-state index contributed by atoms with van der Waals surface area (Å²) in [6, 6.07) is 19.0. The number of nitrogens with zero attached hydrogens (tertiary/aromatic N) is 1. The molecule has 0 radical (unpaired) electrons. The van der Waals surface area contributed by atoms with Gasteiger partial charge in [-0.05, 0) is 67.6 Å². The zero-order valence-electron chi connectivity index (χ0n) is 17.7. The lowest BCUT2D eigenvalue weighted by Crippen LogP contribution is -2.42. The van der Waals surface area contributed by atoms with E-state index in [9.17, 15) is 14.0 Å². The number of carbonyl (C=O) groups excluding carboxylic acids is 2. The van der Waals surface area contributed by atoms with E-state index >= 15 is 0 Å². The van der Waals surface area contributed by atoms with Crippen LogP contribution >= 0.6 is 0 Å². The first-order valence-corrected chi connectivity index (χ1v) is 10.2. The van der Waals surface area contributed by atoms with Gasteiger partial charge in [-0.3, -0.25) is 9.59 Å². The van der Waals surface area contributed by atoms with Gasteiger partial charge >= 0.3 is 5.91 Å². The van der Waals surface area contributed by atoms with Gasteiger partial charge in [0.25, 0.3) is 5.91 Å². The minimum absolute atomic E-state index is 0.272. The van der Waals surface area contributed by atoms with Crippen LogP contribution in [0.25, 0.3) is 0 Å². The van der Waals surface area contributed by atoms with Crippen molar-refractivity contribution in [2.24, 2.45) is 0 Å². The Kier molecular flexibility index (Phi) is 5.98. The van der Waals surface area contributed by atoms with E-state index in [4.69, 9.17) is 4.74 Å². The quantitative estimate of drug-likeness (QED) is 0.609. The van der Waals surface area contributed by atoms with Crippen LogP contribution < -0.4 is 15.5 Å². The topological polar surface area (TPSA) is 70.4 Å². The normalized spacial score (nSPS) is 19.0. The Morgan fingerprint density at radius 3 is 2.31 bits per heavy atom. The molecule has 4 rings (SSSR count). The lowest BCUT2D eigenvalue weighted by atomic mass is 9.99. The highest BCUT2D eigenvalue weighted by Crippen LogP contribution is 2.27. The molecule has 0 saturated carbocycles. The molecule has 1 fully saturated rings. The van der Waals surface area contributed by atoms with Gasteiger partial charge in [0.15, 0.2) is 6.04 Å². The minimum Gasteiger partial charge on any atom is -0.497 e. The summed E-state index contributed by atoms with van der Waals surface area (Å²) in [5.41, 5.74) is 5.96. The van der Waals surface area contributed by atoms with Crippen molar-refractivity contribution < 1.29 is 23.4 Å². The van der Waals surface area contributed by atoms with E-state index in [0.717, 1.165) is 16.7 Å². The summed E-state index contributed by atoms with van der Waals surface area (Å²) < 4.78 is 20.2. The molecule has 2 atom stereocenters. The fraction of sp³-hybridized carbons (Fsp3) is 0.160. The number of amides is 2. The number of halogens is 1. The van der Waals surface area contributed by atoms with Gasteiger partial charge in [0.05, 0.1) is 7.11 Å². The summed E-state index contributed by atoms with van der Waals surface area (Å²) in [6.07, 6.45) is 1.83. The van der Waals surface area contributed by atoms with Crippen LogP contribution in [0.15, 0.2) is 72.8 Å². The van der Waals surface area contributed by atoms with Gasteiger partial charge in [0.1, 0.15) is 11.6 Å². The average molecular weight is 432 g/mol. The summed E-state index contributed by atoms with van der Waals surface area (Å²) in [5, 5.41) is 2.80. The molecular weight excluding hydrogens is 409 g/mol. The smallest absolute Gasteiger partial charge is 0.304 e. The Bertz CT molecular complexity index is 1160. The molecule has 0 bridgehead atoms. The highest BCUT2D eigenvalue weighted by Gasteiger charge is 2.47. The van der Waals surface area contributed by atoms with E-state index in [1.54, 1.807) is 23.9 Å². The van der Waals surface area contributed by atoms with Crippen molar-refractivity contribution in [3.63, 3.8) is 0 Å². The van der Waals surface area contributed by atoms with Gasteiger partial charge in [-0.25, -0.2) is 4.39 Å². The lowest BCUT2D eigenvalue weighted by Gasteiger charge is -2.15. The van der Waals surface area contributed by atoms with Crippen molar-refractivity contribution in [3.8, 4) is 5.75 Å². The van der Waals surface area contributed by atoms with Crippen LogP contribution in [0.4, 0.5) is 4.39 Å². The Balaban J connectivity index is 1.69. The molecule has 0 unspecified atom stereocenters. The van der Waals surface area contributed by atoms with Gasteiger partial charge in [-0.2, -0.15) is 0 Å². The van der Waals surface area contributed by atoms with Gasteiger partial charge < -0.3 is 10.1 Å². The zero-order chi connectivity index (χ0) is 22.7. The van der Waals surface area contributed by atoms with E-state index in [1.165, 1.54) is 24.3 Å². The van der Waals surface area contributed by atoms with Gasteiger partial charge in [0.2, 0.25) is 12.3 Å². The van der Waals surface area contributed by atoms with Crippen molar-refractivity contribution in [2.45, 2.75) is 19.0 Å². The number of carbonyl (C=O) groups is 2. The molecule has 3 aromatic rings. The molecule has 3 aromatic carbocycles. The van der Waals surface area contributed by atoms with Crippen molar-refractivity contribution in [1.29, 1.82) is 0 Å². The predicted molar refractivity (Wildman–Crippen MR) is 118 cm³/mol. The van der Waals surface area contributed by atoms with Crippen LogP contribution in [0.2, 0.25) is 0 Å². The molecule has 0 spiro atoms. The molecular formula is C25H23FN3O3+. The number of hydrazine groups is 1. The van der Waals surface area contributed by atoms with Crippen molar-refractivity contribution in [1.82, 2.24) is 10.7 Å². The highest BCUT2D eigenvalue weighted by molar-refractivity contribution is 5.98. The Morgan fingerprint density at radius 2 is 1.69 bits per heavy atom. The second-order valence-electron chi connectivity index (χ2n) is 7.60. The number of methoxy groups -OCH3 is 1. The number of nitrogens with one attached hydrogen (secondary N) is 2. The molecule has 7 heteroatoms. The molecule has 162 valence electrons. The predicted octanol–water partition coefficient (Wildman–Crippen LogP) is 3.16. The third-order valence-corrected chi connectivity index (χ3v) is 5.35. The van der Waals surface area contributed by atoms with Crippen LogP contribution in [-0.2, 0) is 4.79 Å². The molecule has 2 N–H and O–H groups in total. The molecule has 32 heavy (non-hydrogen) atoms. The fourth-order valence-electron chi connectivity index (χ4n) is 3.62. The maximum Gasteiger partial charge on any atom is 0.304 e. The van der Waals surface area contributed by atoms with Gasteiger partial charge in [-0.1, -0.05) is 17.7 Å². The maximum absolute atomic E-state index is 13.2. The largest absolute Gasteiger partial charge is 0.497 e. The van der Waals surface area contributed by atoms with Crippen molar-refractivity contribution >= 4 is 18.0 Å². The Labute approximate surface area is 185 Å². The fourth-order valence-corrected chi connectivity index (χ4v) is 3.62. The van der Waals surface area contributed by atoms with E-state index in [-0.39, 0.29) is 11.5 Å². The molecule has 1 heterocycles. The average Bonchev–Trinajstić information content (AvgIpc) is 3.10. The molecule has 0 aromatic heterocycles. The highest BCUT2D eigenvalue weighted by atomic mass is 19.1. The lowest BCUT2D eigenvalue weighted by molar-refractivity contribution is -0.596. The minimum atomic E-state index is -0.859. The zero-order valence-corrected chi connectivity index (χ0v) is 17.7. The molecule has 6 nitrogen and oxygen atoms in total. The van der Waals surface area contributed by atoms with Gasteiger partial charge in [0, 0.05) is 16.7 Å². The summed E-state index contributed by atoms with van der Waals surface area (Å²) in [6.45, 7) is 2.00. The number of hydrogen-bond acceptors (Lipinski definition) is 3. The second kappa shape index (κ2) is 9.01. The van der Waals surface area contributed by atoms with Crippen LogP contribution in [-0.4, -0.2) is 35.9 Å². The van der Waals surface area contributed by atoms with E-state index in [1.807, 2.05) is 49.5 Å². The molecule has 1 saturated heterocycles. The van der Waals surface area contributed by atoms with E-state index in [0.29, 0.717) is 5.75 Å². The Morgan fingerprint density at radius 1 is 1.03 bits per heavy atom.